The van der Waals surface area contributed by atoms with E-state index in [1.165, 1.54) is 5.56 Å². The lowest BCUT2D eigenvalue weighted by Crippen LogP contribution is -2.46. The minimum Gasteiger partial charge on any atom is -0.346 e. The van der Waals surface area contributed by atoms with E-state index in [9.17, 15) is 4.79 Å². The van der Waals surface area contributed by atoms with Gasteiger partial charge in [0, 0.05) is 25.6 Å². The summed E-state index contributed by atoms with van der Waals surface area (Å²) in [5, 5.41) is 3.00. The van der Waals surface area contributed by atoms with Gasteiger partial charge in [-0.25, -0.2) is 0 Å². The fourth-order valence-corrected chi connectivity index (χ4v) is 2.81. The highest BCUT2D eigenvalue weighted by Gasteiger charge is 2.21. The molecule has 0 aliphatic rings. The number of hydrogen-bond donors (Lipinski definition) is 1. The van der Waals surface area contributed by atoms with E-state index in [-0.39, 0.29) is 11.9 Å². The molecule has 0 aliphatic carbocycles. The van der Waals surface area contributed by atoms with Gasteiger partial charge < -0.3 is 5.32 Å². The van der Waals surface area contributed by atoms with Crippen LogP contribution in [0, 0.1) is 0 Å². The van der Waals surface area contributed by atoms with Gasteiger partial charge in [-0.2, -0.15) is 4.57 Å². The average Bonchev–Trinajstić information content (AvgIpc) is 2.61. The van der Waals surface area contributed by atoms with Gasteiger partial charge in [-0.3, -0.25) is 4.79 Å². The number of carbonyl (C=O) groups is 1. The van der Waals surface area contributed by atoms with E-state index < -0.39 is 0 Å². The number of amides is 1. The third-order valence-corrected chi connectivity index (χ3v) is 4.47. The van der Waals surface area contributed by atoms with Crippen LogP contribution in [0.5, 0.6) is 0 Å². The molecule has 2 rings (SSSR count). The van der Waals surface area contributed by atoms with Gasteiger partial charge in [-0.1, -0.05) is 44.2 Å². The lowest BCUT2D eigenvalue weighted by molar-refractivity contribution is -0.706. The minimum absolute atomic E-state index is 0.0362. The molecule has 0 bridgehead atoms. The summed E-state index contributed by atoms with van der Waals surface area (Å²) in [6.45, 7) is 6.93. The summed E-state index contributed by atoms with van der Waals surface area (Å²) in [6, 6.07) is 14.0. The van der Waals surface area contributed by atoms with Gasteiger partial charge in [0.15, 0.2) is 12.4 Å². The van der Waals surface area contributed by atoms with Crippen LogP contribution in [0.2, 0.25) is 0 Å². The Kier molecular flexibility index (Phi) is 6.33. The summed E-state index contributed by atoms with van der Waals surface area (Å²) >= 11 is 0. The first kappa shape index (κ1) is 17.2. The van der Waals surface area contributed by atoms with E-state index in [0.29, 0.717) is 12.5 Å². The molecule has 0 saturated heterocycles. The van der Waals surface area contributed by atoms with Crippen LogP contribution in [0.15, 0.2) is 54.9 Å². The number of rotatable bonds is 7. The van der Waals surface area contributed by atoms with E-state index >= 15 is 0 Å². The number of benzene rings is 1. The highest BCUT2D eigenvalue weighted by Crippen LogP contribution is 2.21. The van der Waals surface area contributed by atoms with E-state index in [1.54, 1.807) is 0 Å². The Morgan fingerprint density at radius 3 is 2.22 bits per heavy atom. The van der Waals surface area contributed by atoms with Gasteiger partial charge in [0.05, 0.1) is 0 Å². The zero-order valence-electron chi connectivity index (χ0n) is 14.3. The van der Waals surface area contributed by atoms with Crippen LogP contribution >= 0.6 is 0 Å². The molecule has 1 aromatic carbocycles. The molecule has 0 radical (unpaired) electrons. The Hall–Kier alpha value is -2.16. The topological polar surface area (TPSA) is 33.0 Å². The Labute approximate surface area is 139 Å². The maximum atomic E-state index is 12.3. The molecule has 0 spiro atoms. The Bertz CT molecular complexity index is 603. The molecular weight excluding hydrogens is 284 g/mol. The second kappa shape index (κ2) is 8.47. The van der Waals surface area contributed by atoms with Crippen molar-refractivity contribution in [1.82, 2.24) is 5.32 Å². The third kappa shape index (κ3) is 4.65. The van der Waals surface area contributed by atoms with Gasteiger partial charge in [0.1, 0.15) is 0 Å². The standard InChI is InChI=1S/C20H26N2O/c1-4-18(5-2)19-11-13-22(14-12-19)16(3)20(23)21-15-17-9-7-6-8-10-17/h6-14,16,18H,4-5,15H2,1-3H3/p+1/t16-/m0/s1. The molecule has 2 aromatic rings. The Morgan fingerprint density at radius 2 is 1.65 bits per heavy atom. The van der Waals surface area contributed by atoms with Crippen molar-refractivity contribution in [2.75, 3.05) is 0 Å². The summed E-state index contributed by atoms with van der Waals surface area (Å²) in [6.07, 6.45) is 6.32. The molecule has 23 heavy (non-hydrogen) atoms. The quantitative estimate of drug-likeness (QED) is 0.776. The number of aromatic nitrogens is 1. The molecule has 0 saturated carbocycles. The van der Waals surface area contributed by atoms with Gasteiger partial charge in [-0.15, -0.1) is 0 Å². The van der Waals surface area contributed by atoms with Crippen molar-refractivity contribution in [2.24, 2.45) is 0 Å². The van der Waals surface area contributed by atoms with Crippen LogP contribution in [0.4, 0.5) is 0 Å². The molecular formula is C20H27N2O+. The van der Waals surface area contributed by atoms with Crippen LogP contribution in [0.25, 0.3) is 0 Å². The summed E-state index contributed by atoms with van der Waals surface area (Å²) in [5.41, 5.74) is 2.46. The Balaban J connectivity index is 1.96. The molecule has 0 fully saturated rings. The molecule has 122 valence electrons. The van der Waals surface area contributed by atoms with E-state index in [4.69, 9.17) is 0 Å². The SMILES string of the molecule is CCC(CC)c1cc[n+]([C@@H](C)C(=O)NCc2ccccc2)cc1. The predicted octanol–water partition coefficient (Wildman–Crippen LogP) is 3.76. The Morgan fingerprint density at radius 1 is 1.04 bits per heavy atom. The average molecular weight is 311 g/mol. The third-order valence-electron chi connectivity index (χ3n) is 4.47. The summed E-state index contributed by atoms with van der Waals surface area (Å²) in [5.74, 6) is 0.640. The predicted molar refractivity (Wildman–Crippen MR) is 93.0 cm³/mol. The van der Waals surface area contributed by atoms with Crippen molar-refractivity contribution in [3.63, 3.8) is 0 Å². The molecule has 3 heteroatoms. The van der Waals surface area contributed by atoms with Gasteiger partial charge >= 0.3 is 0 Å². The van der Waals surface area contributed by atoms with Crippen molar-refractivity contribution < 1.29 is 9.36 Å². The zero-order valence-corrected chi connectivity index (χ0v) is 14.3. The van der Waals surface area contributed by atoms with Crippen LogP contribution in [-0.2, 0) is 11.3 Å². The normalized spacial score (nSPS) is 12.2. The van der Waals surface area contributed by atoms with Crippen LogP contribution in [0.3, 0.4) is 0 Å². The van der Waals surface area contributed by atoms with Crippen LogP contribution < -0.4 is 9.88 Å². The number of carbonyl (C=O) groups excluding carboxylic acids is 1. The smallest absolute Gasteiger partial charge is 0.289 e. The molecule has 0 unspecified atom stereocenters. The van der Waals surface area contributed by atoms with Crippen molar-refractivity contribution in [3.8, 4) is 0 Å². The van der Waals surface area contributed by atoms with Gasteiger partial charge in [0.2, 0.25) is 6.04 Å². The summed E-state index contributed by atoms with van der Waals surface area (Å²) in [7, 11) is 0. The summed E-state index contributed by atoms with van der Waals surface area (Å²) < 4.78 is 1.96. The first-order valence-electron chi connectivity index (χ1n) is 8.48. The molecule has 0 aliphatic heterocycles. The molecule has 1 amide bonds. The number of hydrogen-bond acceptors (Lipinski definition) is 1. The second-order valence-corrected chi connectivity index (χ2v) is 5.97. The lowest BCUT2D eigenvalue weighted by atomic mass is 9.95. The largest absolute Gasteiger partial charge is 0.346 e. The van der Waals surface area contributed by atoms with E-state index in [1.807, 2.05) is 54.2 Å². The van der Waals surface area contributed by atoms with Gasteiger partial charge in [0.25, 0.3) is 5.91 Å². The van der Waals surface area contributed by atoms with Crippen molar-refractivity contribution in [2.45, 2.75) is 52.1 Å². The minimum atomic E-state index is -0.213. The first-order valence-corrected chi connectivity index (χ1v) is 8.48. The monoisotopic (exact) mass is 311 g/mol. The van der Waals surface area contributed by atoms with Crippen molar-refractivity contribution in [3.05, 3.63) is 66.0 Å². The molecule has 1 heterocycles. The number of pyridine rings is 1. The molecule has 3 nitrogen and oxygen atoms in total. The van der Waals surface area contributed by atoms with Crippen LogP contribution in [-0.4, -0.2) is 5.91 Å². The summed E-state index contributed by atoms with van der Waals surface area (Å²) in [4.78, 5) is 12.3. The molecule has 1 aromatic heterocycles. The van der Waals surface area contributed by atoms with E-state index in [0.717, 1.165) is 18.4 Å². The first-order chi connectivity index (χ1) is 11.2. The second-order valence-electron chi connectivity index (χ2n) is 5.97. The highest BCUT2D eigenvalue weighted by molar-refractivity contribution is 5.78. The number of nitrogens with one attached hydrogen (secondary N) is 1. The highest BCUT2D eigenvalue weighted by atomic mass is 16.2. The fourth-order valence-electron chi connectivity index (χ4n) is 2.81. The van der Waals surface area contributed by atoms with E-state index in [2.05, 4.69) is 31.3 Å². The molecule has 1 N–H and O–H groups in total. The maximum absolute atomic E-state index is 12.3. The molecule has 1 atom stereocenters. The zero-order chi connectivity index (χ0) is 16.7. The van der Waals surface area contributed by atoms with Crippen molar-refractivity contribution in [1.29, 1.82) is 0 Å². The lowest BCUT2D eigenvalue weighted by Gasteiger charge is -2.13. The fraction of sp³-hybridized carbons (Fsp3) is 0.400. The van der Waals surface area contributed by atoms with Crippen LogP contribution in [0.1, 0.15) is 56.7 Å². The van der Waals surface area contributed by atoms with Crippen molar-refractivity contribution >= 4 is 5.91 Å². The maximum Gasteiger partial charge on any atom is 0.289 e. The number of nitrogens with zero attached hydrogens (tertiary/aromatic N) is 1. The van der Waals surface area contributed by atoms with Gasteiger partial charge in [-0.05, 0) is 29.9 Å².